The minimum atomic E-state index is -0.254. The van der Waals surface area contributed by atoms with Crippen molar-refractivity contribution in [2.45, 2.75) is 96.8 Å². The number of carbonyl (C=O) groups excluding carboxylic acids is 1. The predicted molar refractivity (Wildman–Crippen MR) is 148 cm³/mol. The highest BCUT2D eigenvalue weighted by molar-refractivity contribution is 5.72. The Kier molecular flexibility index (Phi) is 20.0. The van der Waals surface area contributed by atoms with Gasteiger partial charge in [0.25, 0.3) is 0 Å². The minimum Gasteiger partial charge on any atom is -0.309 e. The Morgan fingerprint density at radius 3 is 2.14 bits per heavy atom. The monoisotopic (exact) mass is 485 g/mol. The average molecular weight is 486 g/mol. The van der Waals surface area contributed by atoms with Crippen LogP contribution in [0.1, 0.15) is 96.0 Å². The summed E-state index contributed by atoms with van der Waals surface area (Å²) in [5.41, 5.74) is 1.15. The van der Waals surface area contributed by atoms with Crippen molar-refractivity contribution in [1.82, 2.24) is 4.90 Å². The molecule has 0 fully saturated rings. The van der Waals surface area contributed by atoms with Crippen molar-refractivity contribution < 1.29 is 14.6 Å². The van der Waals surface area contributed by atoms with Gasteiger partial charge in [0, 0.05) is 0 Å². The second kappa shape index (κ2) is 22.5. The molecule has 198 valence electrons. The molecule has 1 atom stereocenters. The number of benzene rings is 1. The predicted octanol–water partition coefficient (Wildman–Crippen LogP) is 8.09. The lowest BCUT2D eigenvalue weighted by Crippen LogP contribution is -2.25. The maximum absolute atomic E-state index is 12.6. The number of unbranched alkanes of at least 4 members (excludes halogenated alkanes) is 9. The topological polar surface area (TPSA) is 38.8 Å². The maximum atomic E-state index is 12.6. The van der Waals surface area contributed by atoms with Crippen LogP contribution in [0.15, 0.2) is 54.6 Å². The summed E-state index contributed by atoms with van der Waals surface area (Å²) >= 11 is 0. The molecule has 1 rings (SSSR count). The van der Waals surface area contributed by atoms with Gasteiger partial charge in [0.15, 0.2) is 0 Å². The molecule has 1 aromatic carbocycles. The number of carbonyl (C=O) groups is 1. The van der Waals surface area contributed by atoms with Crippen molar-refractivity contribution >= 4 is 5.97 Å². The van der Waals surface area contributed by atoms with Gasteiger partial charge in [-0.3, -0.25) is 4.89 Å². The first kappa shape index (κ1) is 31.1. The second-order valence-electron chi connectivity index (χ2n) is 9.79. The van der Waals surface area contributed by atoms with Crippen LogP contribution in [-0.2, 0) is 21.0 Å². The van der Waals surface area contributed by atoms with Crippen molar-refractivity contribution in [3.05, 3.63) is 60.2 Å². The van der Waals surface area contributed by atoms with Crippen molar-refractivity contribution in [3.8, 4) is 0 Å². The van der Waals surface area contributed by atoms with E-state index in [2.05, 4.69) is 48.3 Å². The normalized spacial score (nSPS) is 12.7. The molecule has 1 aromatic rings. The molecule has 0 aliphatic carbocycles. The van der Waals surface area contributed by atoms with E-state index in [1.807, 2.05) is 32.3 Å². The lowest BCUT2D eigenvalue weighted by Gasteiger charge is -2.17. The van der Waals surface area contributed by atoms with E-state index in [4.69, 9.17) is 9.78 Å². The van der Waals surface area contributed by atoms with Crippen LogP contribution in [0.5, 0.6) is 0 Å². The van der Waals surface area contributed by atoms with E-state index in [0.717, 1.165) is 37.8 Å². The summed E-state index contributed by atoms with van der Waals surface area (Å²) in [6.07, 6.45) is 25.1. The molecule has 0 amide bonds. The van der Waals surface area contributed by atoms with Crippen LogP contribution >= 0.6 is 0 Å². The van der Waals surface area contributed by atoms with Crippen molar-refractivity contribution in [3.63, 3.8) is 0 Å². The zero-order valence-electron chi connectivity index (χ0n) is 22.8. The van der Waals surface area contributed by atoms with Gasteiger partial charge in [-0.05, 0) is 77.6 Å². The molecule has 4 heteroatoms. The fraction of sp³-hybridized carbons (Fsp3) is 0.645. The van der Waals surface area contributed by atoms with E-state index in [-0.39, 0.29) is 11.9 Å². The van der Waals surface area contributed by atoms with Crippen LogP contribution in [-0.4, -0.2) is 38.1 Å². The van der Waals surface area contributed by atoms with Gasteiger partial charge in [0.1, 0.15) is 0 Å². The van der Waals surface area contributed by atoms with Crippen LogP contribution in [0.4, 0.5) is 0 Å². The van der Waals surface area contributed by atoms with Gasteiger partial charge in [0.05, 0.1) is 12.5 Å². The van der Waals surface area contributed by atoms with Crippen LogP contribution in [0.25, 0.3) is 0 Å². The van der Waals surface area contributed by atoms with E-state index in [9.17, 15) is 4.79 Å². The molecular weight excluding hydrogens is 434 g/mol. The molecule has 1 unspecified atom stereocenters. The minimum absolute atomic E-state index is 0.185. The fourth-order valence-corrected chi connectivity index (χ4v) is 3.93. The third-order valence-corrected chi connectivity index (χ3v) is 6.15. The van der Waals surface area contributed by atoms with Crippen molar-refractivity contribution in [1.29, 1.82) is 0 Å². The molecule has 0 radical (unpaired) electrons. The van der Waals surface area contributed by atoms with E-state index >= 15 is 0 Å². The quantitative estimate of drug-likeness (QED) is 0.0720. The van der Waals surface area contributed by atoms with Gasteiger partial charge < -0.3 is 4.90 Å². The zero-order valence-corrected chi connectivity index (χ0v) is 22.8. The Morgan fingerprint density at radius 2 is 1.49 bits per heavy atom. The third-order valence-electron chi connectivity index (χ3n) is 6.15. The molecular formula is C31H51NO3. The molecule has 0 N–H and O–H groups in total. The van der Waals surface area contributed by atoms with Crippen LogP contribution in [0, 0.1) is 5.92 Å². The van der Waals surface area contributed by atoms with Gasteiger partial charge in [-0.2, -0.15) is 4.89 Å². The smallest absolute Gasteiger partial charge is 0.309 e. The first-order chi connectivity index (χ1) is 17.1. The van der Waals surface area contributed by atoms with Gasteiger partial charge in [0.2, 0.25) is 0 Å². The summed E-state index contributed by atoms with van der Waals surface area (Å²) in [4.78, 5) is 25.1. The van der Waals surface area contributed by atoms with Crippen LogP contribution < -0.4 is 0 Å². The second-order valence-corrected chi connectivity index (χ2v) is 9.79. The van der Waals surface area contributed by atoms with E-state index in [0.29, 0.717) is 13.0 Å². The third kappa shape index (κ3) is 19.0. The summed E-state index contributed by atoms with van der Waals surface area (Å²) in [6.45, 7) is 3.57. The highest BCUT2D eigenvalue weighted by Gasteiger charge is 2.22. The number of nitrogens with zero attached hydrogens (tertiary/aromatic N) is 1. The van der Waals surface area contributed by atoms with Gasteiger partial charge >= 0.3 is 5.97 Å². The Labute approximate surface area is 215 Å². The number of allylic oxidation sites excluding steroid dienone is 4. The van der Waals surface area contributed by atoms with Crippen LogP contribution in [0.3, 0.4) is 0 Å². The Balaban J connectivity index is 2.03. The molecule has 0 aromatic heterocycles. The van der Waals surface area contributed by atoms with Crippen molar-refractivity contribution in [2.24, 2.45) is 5.92 Å². The molecule has 0 aliphatic heterocycles. The first-order valence-corrected chi connectivity index (χ1v) is 14.0. The van der Waals surface area contributed by atoms with E-state index in [1.54, 1.807) is 0 Å². The van der Waals surface area contributed by atoms with E-state index < -0.39 is 0 Å². The highest BCUT2D eigenvalue weighted by atomic mass is 17.2. The van der Waals surface area contributed by atoms with E-state index in [1.165, 1.54) is 57.8 Å². The lowest BCUT2D eigenvalue weighted by molar-refractivity contribution is -0.276. The first-order valence-electron chi connectivity index (χ1n) is 14.0. The fourth-order valence-electron chi connectivity index (χ4n) is 3.93. The molecule has 0 saturated carbocycles. The number of hydrogen-bond acceptors (Lipinski definition) is 4. The molecule has 0 heterocycles. The van der Waals surface area contributed by atoms with Gasteiger partial charge in [-0.1, -0.05) is 100 Å². The van der Waals surface area contributed by atoms with Crippen LogP contribution in [0.2, 0.25) is 0 Å². The van der Waals surface area contributed by atoms with Crippen molar-refractivity contribution in [2.75, 3.05) is 27.2 Å². The Morgan fingerprint density at radius 1 is 0.857 bits per heavy atom. The standard InChI is InChI=1S/C31H51NO3/c1-4-5-6-7-8-9-10-11-12-13-14-15-16-17-18-22-27-34-35-31(33)30(25-26-32(2)3)28-29-23-20-19-21-24-29/h8-9,11-12,19-21,23-24,30H,4-7,10,13-18,22,25-28H2,1-3H3/b9-8-,12-11-. The summed E-state index contributed by atoms with van der Waals surface area (Å²) < 4.78 is 0. The summed E-state index contributed by atoms with van der Waals surface area (Å²) in [7, 11) is 4.04. The van der Waals surface area contributed by atoms with Gasteiger partial charge in [-0.15, -0.1) is 0 Å². The Hall–Kier alpha value is -1.91. The SMILES string of the molecule is CCCCC/C=C\C/C=C\CCCCCCCCOOC(=O)C(CCN(C)C)Cc1ccccc1. The molecule has 0 spiro atoms. The van der Waals surface area contributed by atoms with Gasteiger partial charge in [-0.25, -0.2) is 4.79 Å². The highest BCUT2D eigenvalue weighted by Crippen LogP contribution is 2.15. The summed E-state index contributed by atoms with van der Waals surface area (Å²) in [5, 5.41) is 0. The maximum Gasteiger partial charge on any atom is 0.345 e. The molecule has 0 bridgehead atoms. The summed E-state index contributed by atoms with van der Waals surface area (Å²) in [5.74, 6) is -0.439. The largest absolute Gasteiger partial charge is 0.345 e. The number of hydrogen-bond donors (Lipinski definition) is 0. The molecule has 0 aliphatic rings. The zero-order chi connectivity index (χ0) is 25.4. The lowest BCUT2D eigenvalue weighted by atomic mass is 9.96. The molecule has 35 heavy (non-hydrogen) atoms. The summed E-state index contributed by atoms with van der Waals surface area (Å²) in [6, 6.07) is 10.1. The number of rotatable bonds is 22. The molecule has 0 saturated heterocycles. The Bertz CT molecular complexity index is 669. The molecule has 4 nitrogen and oxygen atoms in total. The average Bonchev–Trinajstić information content (AvgIpc) is 2.86.